The van der Waals surface area contributed by atoms with E-state index in [1.807, 2.05) is 15.5 Å². The number of likely N-dealkylation sites (tertiary alicyclic amines) is 1. The van der Waals surface area contributed by atoms with Gasteiger partial charge in [0.25, 0.3) is 5.56 Å². The fraction of sp³-hybridized carbons (Fsp3) is 0.556. The van der Waals surface area contributed by atoms with Crippen LogP contribution < -0.4 is 10.9 Å². The normalized spacial score (nSPS) is 21.6. The van der Waals surface area contributed by atoms with Gasteiger partial charge in [-0.1, -0.05) is 6.07 Å². The van der Waals surface area contributed by atoms with Crippen molar-refractivity contribution in [1.29, 1.82) is 0 Å². The monoisotopic (exact) mass is 393 g/mol. The minimum Gasteiger partial charge on any atom is -0.469 e. The predicted molar refractivity (Wildman–Crippen MR) is 101 cm³/mol. The molecule has 1 aromatic rings. The van der Waals surface area contributed by atoms with Crippen LogP contribution in [0.1, 0.15) is 24.5 Å². The number of rotatable bonds is 4. The summed E-state index contributed by atoms with van der Waals surface area (Å²) in [5.74, 6) is -0.599. The predicted octanol–water partition coefficient (Wildman–Crippen LogP) is 0.247. The Morgan fingerprint density at radius 3 is 2.74 bits per heavy atom. The highest BCUT2D eigenvalue weighted by Crippen LogP contribution is 2.34. The number of hydrogen-bond acceptors (Lipinski definition) is 6. The third kappa shape index (κ3) is 4.13. The maximum atomic E-state index is 12.1. The molecule has 0 radical (unpaired) electrons. The van der Waals surface area contributed by atoms with Gasteiger partial charge in [-0.3, -0.25) is 9.59 Å². The second-order valence-electron chi connectivity index (χ2n) is 6.91. The Morgan fingerprint density at radius 2 is 2.04 bits per heavy atom. The second kappa shape index (κ2) is 8.08. The Labute approximate surface area is 162 Å². The van der Waals surface area contributed by atoms with Crippen molar-refractivity contribution in [3.63, 3.8) is 0 Å². The Hall–Kier alpha value is -2.42. The van der Waals surface area contributed by atoms with E-state index in [1.165, 1.54) is 14.2 Å². The number of pyridine rings is 1. The molecule has 2 aliphatic rings. The smallest absolute Gasteiger partial charge is 0.328 e. The summed E-state index contributed by atoms with van der Waals surface area (Å²) >= 11 is 5.50. The second-order valence-corrected chi connectivity index (χ2v) is 7.30. The molecule has 146 valence electrons. The molecular formula is C18H23N3O5S. The van der Waals surface area contributed by atoms with E-state index in [9.17, 15) is 14.4 Å². The number of methoxy groups -OCH3 is 2. The van der Waals surface area contributed by atoms with Crippen LogP contribution in [0.2, 0.25) is 0 Å². The van der Waals surface area contributed by atoms with Crippen LogP contribution in [-0.4, -0.2) is 59.9 Å². The fourth-order valence-electron chi connectivity index (χ4n) is 3.89. The molecule has 2 bridgehead atoms. The quantitative estimate of drug-likeness (QED) is 0.575. The standard InChI is InChI=1S/C18H23N3O5S/c1-25-16(23)7-13(17(24)26-2)19-18(27)20-8-11-6-12(10-20)14-4-3-5-15(22)21(14)9-11/h3-5,11-13H,6-10H2,1-2H3,(H,19,27)/t11-,12+,13?/m1/s1. The maximum absolute atomic E-state index is 12.1. The van der Waals surface area contributed by atoms with E-state index >= 15 is 0 Å². The Bertz CT molecular complexity index is 808. The van der Waals surface area contributed by atoms with E-state index in [0.29, 0.717) is 30.7 Å². The topological polar surface area (TPSA) is 89.9 Å². The third-order valence-electron chi connectivity index (χ3n) is 5.15. The maximum Gasteiger partial charge on any atom is 0.328 e. The van der Waals surface area contributed by atoms with Crippen LogP contribution >= 0.6 is 12.2 Å². The molecule has 0 aliphatic carbocycles. The number of carbonyl (C=O) groups is 2. The lowest BCUT2D eigenvalue weighted by molar-refractivity contribution is -0.149. The van der Waals surface area contributed by atoms with E-state index in [-0.39, 0.29) is 17.9 Å². The van der Waals surface area contributed by atoms with Gasteiger partial charge in [-0.25, -0.2) is 4.79 Å². The van der Waals surface area contributed by atoms with Gasteiger partial charge >= 0.3 is 11.9 Å². The lowest BCUT2D eigenvalue weighted by Gasteiger charge is -2.44. The van der Waals surface area contributed by atoms with Gasteiger partial charge in [0.15, 0.2) is 5.11 Å². The van der Waals surface area contributed by atoms with Gasteiger partial charge in [-0.15, -0.1) is 0 Å². The highest BCUT2D eigenvalue weighted by molar-refractivity contribution is 7.80. The van der Waals surface area contributed by atoms with Gasteiger partial charge in [0, 0.05) is 37.3 Å². The summed E-state index contributed by atoms with van der Waals surface area (Å²) in [7, 11) is 2.53. The van der Waals surface area contributed by atoms with Crippen molar-refractivity contribution < 1.29 is 19.1 Å². The zero-order chi connectivity index (χ0) is 19.6. The van der Waals surface area contributed by atoms with Gasteiger partial charge in [0.1, 0.15) is 6.04 Å². The average Bonchev–Trinajstić information content (AvgIpc) is 2.67. The molecule has 1 unspecified atom stereocenters. The van der Waals surface area contributed by atoms with Gasteiger partial charge in [0.2, 0.25) is 0 Å². The van der Waals surface area contributed by atoms with E-state index in [4.69, 9.17) is 17.0 Å². The molecule has 3 rings (SSSR count). The van der Waals surface area contributed by atoms with Crippen LogP contribution in [0, 0.1) is 5.92 Å². The van der Waals surface area contributed by atoms with E-state index in [2.05, 4.69) is 10.1 Å². The Kier molecular flexibility index (Phi) is 5.79. The number of thiocarbonyl (C=S) groups is 1. The minimum absolute atomic E-state index is 0.0279. The van der Waals surface area contributed by atoms with Crippen LogP contribution in [0.3, 0.4) is 0 Å². The van der Waals surface area contributed by atoms with Crippen molar-refractivity contribution in [2.75, 3.05) is 27.3 Å². The molecule has 0 spiro atoms. The number of aromatic nitrogens is 1. The minimum atomic E-state index is -0.897. The molecule has 3 heterocycles. The van der Waals surface area contributed by atoms with Crippen LogP contribution in [0.15, 0.2) is 23.0 Å². The zero-order valence-electron chi connectivity index (χ0n) is 15.3. The molecule has 3 atom stereocenters. The summed E-state index contributed by atoms with van der Waals surface area (Å²) in [5, 5.41) is 3.34. The number of nitrogens with zero attached hydrogens (tertiary/aromatic N) is 2. The molecule has 2 aliphatic heterocycles. The number of ether oxygens (including phenoxy) is 2. The number of fused-ring (bicyclic) bond motifs is 4. The van der Waals surface area contributed by atoms with E-state index in [1.54, 1.807) is 12.1 Å². The summed E-state index contributed by atoms with van der Waals surface area (Å²) in [6, 6.07) is 4.46. The molecule has 0 saturated carbocycles. The molecule has 27 heavy (non-hydrogen) atoms. The average molecular weight is 393 g/mol. The molecule has 0 amide bonds. The lowest BCUT2D eigenvalue weighted by Crippen LogP contribution is -2.55. The van der Waals surface area contributed by atoms with Gasteiger partial charge < -0.3 is 24.3 Å². The van der Waals surface area contributed by atoms with Gasteiger partial charge in [0.05, 0.1) is 20.6 Å². The van der Waals surface area contributed by atoms with Gasteiger partial charge in [-0.05, 0) is 30.6 Å². The number of piperidine rings is 1. The van der Waals surface area contributed by atoms with Crippen LogP contribution in [-0.2, 0) is 25.6 Å². The van der Waals surface area contributed by atoms with Crippen LogP contribution in [0.4, 0.5) is 0 Å². The molecule has 1 N–H and O–H groups in total. The highest BCUT2D eigenvalue weighted by Gasteiger charge is 2.36. The SMILES string of the molecule is COC(=O)CC(NC(=S)N1C[C@H]2C[C@@H](C1)c1cccc(=O)n1C2)C(=O)OC. The summed E-state index contributed by atoms with van der Waals surface area (Å²) in [6.45, 7) is 2.00. The molecule has 1 fully saturated rings. The first-order valence-corrected chi connectivity index (χ1v) is 9.23. The van der Waals surface area contributed by atoms with E-state index in [0.717, 1.165) is 12.1 Å². The lowest BCUT2D eigenvalue weighted by atomic mass is 9.83. The first-order valence-electron chi connectivity index (χ1n) is 8.82. The fourth-order valence-corrected chi connectivity index (χ4v) is 4.18. The van der Waals surface area contributed by atoms with Crippen molar-refractivity contribution in [1.82, 2.24) is 14.8 Å². The number of nitrogens with one attached hydrogen (secondary N) is 1. The Balaban J connectivity index is 1.72. The third-order valence-corrected chi connectivity index (χ3v) is 5.52. The molecule has 1 saturated heterocycles. The molecular weight excluding hydrogens is 370 g/mol. The van der Waals surface area contributed by atoms with Crippen molar-refractivity contribution in [2.24, 2.45) is 5.92 Å². The van der Waals surface area contributed by atoms with Crippen LogP contribution in [0.5, 0.6) is 0 Å². The highest BCUT2D eigenvalue weighted by atomic mass is 32.1. The van der Waals surface area contributed by atoms with E-state index < -0.39 is 18.0 Å². The van der Waals surface area contributed by atoms with Crippen molar-refractivity contribution in [3.8, 4) is 0 Å². The van der Waals surface area contributed by atoms with Crippen molar-refractivity contribution in [2.45, 2.75) is 31.3 Å². The summed E-state index contributed by atoms with van der Waals surface area (Å²) in [5.41, 5.74) is 1.05. The Morgan fingerprint density at radius 1 is 1.26 bits per heavy atom. The molecule has 1 aromatic heterocycles. The van der Waals surface area contributed by atoms with Crippen molar-refractivity contribution in [3.05, 3.63) is 34.2 Å². The first-order chi connectivity index (χ1) is 12.9. The van der Waals surface area contributed by atoms with Crippen molar-refractivity contribution >= 4 is 29.3 Å². The number of hydrogen-bond donors (Lipinski definition) is 1. The summed E-state index contributed by atoms with van der Waals surface area (Å²) < 4.78 is 11.2. The summed E-state index contributed by atoms with van der Waals surface area (Å²) in [6.07, 6.45) is 0.841. The number of esters is 2. The van der Waals surface area contributed by atoms with Gasteiger partial charge in [-0.2, -0.15) is 0 Å². The molecule has 9 heteroatoms. The largest absolute Gasteiger partial charge is 0.469 e. The molecule has 8 nitrogen and oxygen atoms in total. The zero-order valence-corrected chi connectivity index (χ0v) is 16.2. The van der Waals surface area contributed by atoms with Crippen LogP contribution in [0.25, 0.3) is 0 Å². The summed E-state index contributed by atoms with van der Waals surface area (Å²) in [4.78, 5) is 37.7. The first kappa shape index (κ1) is 19.3. The number of carbonyl (C=O) groups excluding carboxylic acids is 2. The molecule has 0 aromatic carbocycles.